The predicted octanol–water partition coefficient (Wildman–Crippen LogP) is 5.58. The molecule has 4 rings (SSSR count). The zero-order valence-corrected chi connectivity index (χ0v) is 17.4. The largest absolute Gasteiger partial charge is 0.462 e. The molecule has 0 atom stereocenters. The summed E-state index contributed by atoms with van der Waals surface area (Å²) in [5, 5.41) is 6.47. The summed E-state index contributed by atoms with van der Waals surface area (Å²) >= 11 is 1.34. The van der Waals surface area contributed by atoms with Crippen molar-refractivity contribution in [3.05, 3.63) is 77.8 Å². The van der Waals surface area contributed by atoms with Crippen LogP contribution in [0.5, 0.6) is 0 Å². The summed E-state index contributed by atoms with van der Waals surface area (Å²) in [5.74, 6) is -0.566. The highest BCUT2D eigenvalue weighted by Crippen LogP contribution is 2.36. The average Bonchev–Trinajstić information content (AvgIpc) is 3.37. The van der Waals surface area contributed by atoms with Gasteiger partial charge in [0.1, 0.15) is 10.6 Å². The molecular weight excluding hydrogens is 396 g/mol. The quantitative estimate of drug-likeness (QED) is 0.399. The molecule has 0 aliphatic carbocycles. The Balaban J connectivity index is 1.52. The van der Waals surface area contributed by atoms with Gasteiger partial charge >= 0.3 is 5.97 Å². The number of anilines is 1. The molecule has 0 saturated heterocycles. The van der Waals surface area contributed by atoms with Gasteiger partial charge in [-0.25, -0.2) is 4.79 Å². The Morgan fingerprint density at radius 2 is 1.80 bits per heavy atom. The van der Waals surface area contributed by atoms with Gasteiger partial charge in [0.2, 0.25) is 5.91 Å². The molecular formula is C24H22N2O3S. The van der Waals surface area contributed by atoms with Gasteiger partial charge in [0.25, 0.3) is 0 Å². The van der Waals surface area contributed by atoms with Gasteiger partial charge in [-0.3, -0.25) is 4.79 Å². The van der Waals surface area contributed by atoms with E-state index in [0.717, 1.165) is 22.0 Å². The maximum Gasteiger partial charge on any atom is 0.341 e. The van der Waals surface area contributed by atoms with Crippen molar-refractivity contribution in [1.82, 2.24) is 4.57 Å². The monoisotopic (exact) mass is 418 g/mol. The van der Waals surface area contributed by atoms with Crippen molar-refractivity contribution in [2.75, 3.05) is 11.9 Å². The standard InChI is InChI=1S/C24H22N2O3S/c1-2-29-24(28)22-19(17-8-4-3-5-9-17)16-30-23(22)25-21(27)13-15-26-14-12-18-10-6-7-11-20(18)26/h3-12,14,16H,2,13,15H2,1H3,(H,25,27). The predicted molar refractivity (Wildman–Crippen MR) is 121 cm³/mol. The summed E-state index contributed by atoms with van der Waals surface area (Å²) in [4.78, 5) is 25.3. The van der Waals surface area contributed by atoms with Crippen LogP contribution >= 0.6 is 11.3 Å². The van der Waals surface area contributed by atoms with Crippen molar-refractivity contribution in [3.8, 4) is 11.1 Å². The van der Waals surface area contributed by atoms with Gasteiger partial charge in [0.15, 0.2) is 0 Å². The Morgan fingerprint density at radius 1 is 1.03 bits per heavy atom. The zero-order valence-electron chi connectivity index (χ0n) is 16.6. The molecule has 1 N–H and O–H groups in total. The highest BCUT2D eigenvalue weighted by atomic mass is 32.1. The first-order valence-corrected chi connectivity index (χ1v) is 10.7. The summed E-state index contributed by atoms with van der Waals surface area (Å²) in [7, 11) is 0. The number of aromatic nitrogens is 1. The van der Waals surface area contributed by atoms with Gasteiger partial charge < -0.3 is 14.6 Å². The van der Waals surface area contributed by atoms with Crippen LogP contribution in [-0.4, -0.2) is 23.1 Å². The van der Waals surface area contributed by atoms with Crippen molar-refractivity contribution in [3.63, 3.8) is 0 Å². The molecule has 1 amide bonds. The Labute approximate surface area is 178 Å². The number of aryl methyl sites for hydroxylation is 1. The van der Waals surface area contributed by atoms with Crippen molar-refractivity contribution in [2.45, 2.75) is 19.9 Å². The summed E-state index contributed by atoms with van der Waals surface area (Å²) in [6.45, 7) is 2.61. The third-order valence-corrected chi connectivity index (χ3v) is 5.76. The molecule has 0 aliphatic heterocycles. The number of amides is 1. The molecule has 0 radical (unpaired) electrons. The van der Waals surface area contributed by atoms with E-state index in [1.807, 2.05) is 72.2 Å². The first kappa shape index (κ1) is 19.9. The number of para-hydroxylation sites is 1. The van der Waals surface area contributed by atoms with E-state index in [2.05, 4.69) is 9.88 Å². The Morgan fingerprint density at radius 3 is 2.60 bits per heavy atom. The van der Waals surface area contributed by atoms with Gasteiger partial charge in [-0.15, -0.1) is 11.3 Å². The minimum absolute atomic E-state index is 0.139. The lowest BCUT2D eigenvalue weighted by atomic mass is 10.0. The van der Waals surface area contributed by atoms with Crippen LogP contribution in [-0.2, 0) is 16.1 Å². The lowest BCUT2D eigenvalue weighted by Crippen LogP contribution is -2.16. The van der Waals surface area contributed by atoms with Crippen LogP contribution < -0.4 is 5.32 Å². The molecule has 0 fully saturated rings. The number of fused-ring (bicyclic) bond motifs is 1. The molecule has 2 aromatic carbocycles. The van der Waals surface area contributed by atoms with Crippen molar-refractivity contribution in [1.29, 1.82) is 0 Å². The first-order valence-electron chi connectivity index (χ1n) is 9.85. The number of rotatable bonds is 7. The third kappa shape index (κ3) is 4.14. The normalized spacial score (nSPS) is 10.8. The fourth-order valence-electron chi connectivity index (χ4n) is 3.43. The van der Waals surface area contributed by atoms with Crippen LogP contribution in [0.1, 0.15) is 23.7 Å². The number of carbonyl (C=O) groups is 2. The maximum atomic E-state index is 12.7. The number of benzene rings is 2. The fraction of sp³-hybridized carbons (Fsp3) is 0.167. The number of nitrogens with one attached hydrogen (secondary N) is 1. The maximum absolute atomic E-state index is 12.7. The van der Waals surface area contributed by atoms with Crippen LogP contribution in [0, 0.1) is 0 Å². The van der Waals surface area contributed by atoms with E-state index >= 15 is 0 Å². The van der Waals surface area contributed by atoms with E-state index in [0.29, 0.717) is 23.5 Å². The van der Waals surface area contributed by atoms with E-state index in [4.69, 9.17) is 4.74 Å². The van der Waals surface area contributed by atoms with Crippen LogP contribution in [0.15, 0.2) is 72.2 Å². The van der Waals surface area contributed by atoms with Crippen molar-refractivity contribution < 1.29 is 14.3 Å². The van der Waals surface area contributed by atoms with Crippen molar-refractivity contribution >= 4 is 39.1 Å². The van der Waals surface area contributed by atoms with E-state index in [9.17, 15) is 9.59 Å². The van der Waals surface area contributed by atoms with Gasteiger partial charge in [0, 0.05) is 35.6 Å². The average molecular weight is 419 g/mol. The summed E-state index contributed by atoms with van der Waals surface area (Å²) in [5.41, 5.74) is 3.19. The number of ether oxygens (including phenoxy) is 1. The Hall–Kier alpha value is -3.38. The van der Waals surface area contributed by atoms with Crippen LogP contribution in [0.3, 0.4) is 0 Å². The number of thiophene rings is 1. The summed E-state index contributed by atoms with van der Waals surface area (Å²) in [6, 6.07) is 19.7. The zero-order chi connectivity index (χ0) is 20.9. The molecule has 4 aromatic rings. The molecule has 0 bridgehead atoms. The van der Waals surface area contributed by atoms with Gasteiger partial charge in [-0.05, 0) is 30.0 Å². The smallest absolute Gasteiger partial charge is 0.341 e. The fourth-order valence-corrected chi connectivity index (χ4v) is 4.41. The van der Waals surface area contributed by atoms with E-state index in [1.54, 1.807) is 6.92 Å². The molecule has 0 aliphatic rings. The summed E-state index contributed by atoms with van der Waals surface area (Å²) in [6.07, 6.45) is 2.29. The first-order chi connectivity index (χ1) is 14.7. The SMILES string of the molecule is CCOC(=O)c1c(-c2ccccc2)csc1NC(=O)CCn1ccc2ccccc21. The molecule has 0 spiro atoms. The molecule has 152 valence electrons. The highest BCUT2D eigenvalue weighted by molar-refractivity contribution is 7.15. The minimum Gasteiger partial charge on any atom is -0.462 e. The Bertz CT molecular complexity index is 1180. The number of carbonyl (C=O) groups excluding carboxylic acids is 2. The molecule has 30 heavy (non-hydrogen) atoms. The van der Waals surface area contributed by atoms with E-state index < -0.39 is 5.97 Å². The number of hydrogen-bond acceptors (Lipinski definition) is 4. The molecule has 2 heterocycles. The van der Waals surface area contributed by atoms with E-state index in [1.165, 1.54) is 11.3 Å². The van der Waals surface area contributed by atoms with Gasteiger partial charge in [-0.2, -0.15) is 0 Å². The van der Waals surface area contributed by atoms with E-state index in [-0.39, 0.29) is 12.5 Å². The molecule has 0 saturated carbocycles. The van der Waals surface area contributed by atoms with Crippen LogP contribution in [0.2, 0.25) is 0 Å². The highest BCUT2D eigenvalue weighted by Gasteiger charge is 2.22. The number of hydrogen-bond donors (Lipinski definition) is 1. The number of esters is 1. The van der Waals surface area contributed by atoms with Gasteiger partial charge in [-0.1, -0.05) is 48.5 Å². The molecule has 5 nitrogen and oxygen atoms in total. The lowest BCUT2D eigenvalue weighted by Gasteiger charge is -2.09. The van der Waals surface area contributed by atoms with Crippen LogP contribution in [0.25, 0.3) is 22.0 Å². The topological polar surface area (TPSA) is 60.3 Å². The second kappa shape index (κ2) is 8.97. The molecule has 6 heteroatoms. The van der Waals surface area contributed by atoms with Crippen LogP contribution in [0.4, 0.5) is 5.00 Å². The molecule has 0 unspecified atom stereocenters. The second-order valence-corrected chi connectivity index (χ2v) is 7.69. The van der Waals surface area contributed by atoms with Crippen molar-refractivity contribution in [2.24, 2.45) is 0 Å². The minimum atomic E-state index is -0.427. The molecule has 2 aromatic heterocycles. The van der Waals surface area contributed by atoms with Gasteiger partial charge in [0.05, 0.1) is 6.61 Å². The third-order valence-electron chi connectivity index (χ3n) is 4.87. The second-order valence-electron chi connectivity index (χ2n) is 6.81. The number of nitrogens with zero attached hydrogens (tertiary/aromatic N) is 1. The lowest BCUT2D eigenvalue weighted by molar-refractivity contribution is -0.116. The summed E-state index contributed by atoms with van der Waals surface area (Å²) < 4.78 is 7.31. The Kier molecular flexibility index (Phi) is 5.95.